The Hall–Kier alpha value is -1.20. The molecule has 5 heteroatoms. The maximum Gasteiger partial charge on any atom is 0.130 e. The maximum atomic E-state index is 13.5. The van der Waals surface area contributed by atoms with Crippen molar-refractivity contribution in [3.63, 3.8) is 0 Å². The highest BCUT2D eigenvalue weighted by molar-refractivity contribution is 9.10. The molecule has 1 atom stereocenters. The molecule has 3 nitrogen and oxygen atoms in total. The first-order chi connectivity index (χ1) is 9.13. The van der Waals surface area contributed by atoms with Gasteiger partial charge in [0.1, 0.15) is 11.6 Å². The number of aromatic nitrogens is 2. The predicted molar refractivity (Wildman–Crippen MR) is 77.4 cm³/mol. The minimum absolute atomic E-state index is 0.120. The van der Waals surface area contributed by atoms with Gasteiger partial charge in [0.25, 0.3) is 0 Å². The third-order valence-electron chi connectivity index (χ3n) is 2.98. The topological polar surface area (TPSA) is 29.9 Å². The number of imidazole rings is 1. The summed E-state index contributed by atoms with van der Waals surface area (Å²) in [6.07, 6.45) is 4.65. The molecule has 0 saturated heterocycles. The predicted octanol–water partition coefficient (Wildman–Crippen LogP) is 3.41. The van der Waals surface area contributed by atoms with E-state index < -0.39 is 0 Å². The van der Waals surface area contributed by atoms with Crippen molar-refractivity contribution in [2.45, 2.75) is 19.4 Å². The number of hydrogen-bond donors (Lipinski definition) is 1. The van der Waals surface area contributed by atoms with Crippen LogP contribution in [0, 0.1) is 5.82 Å². The summed E-state index contributed by atoms with van der Waals surface area (Å²) in [7, 11) is 1.94. The molecule has 0 aliphatic rings. The third-order valence-corrected chi connectivity index (χ3v) is 3.71. The van der Waals surface area contributed by atoms with Crippen LogP contribution in [-0.4, -0.2) is 16.1 Å². The van der Waals surface area contributed by atoms with E-state index in [2.05, 4.69) is 33.2 Å². The van der Waals surface area contributed by atoms with Crippen molar-refractivity contribution in [2.75, 3.05) is 6.54 Å². The lowest BCUT2D eigenvalue weighted by molar-refractivity contribution is 0.548. The quantitative estimate of drug-likeness (QED) is 0.912. The highest BCUT2D eigenvalue weighted by atomic mass is 79.9. The van der Waals surface area contributed by atoms with E-state index in [0.29, 0.717) is 0 Å². The van der Waals surface area contributed by atoms with Crippen molar-refractivity contribution in [2.24, 2.45) is 7.05 Å². The Morgan fingerprint density at radius 1 is 1.47 bits per heavy atom. The molecule has 0 amide bonds. The van der Waals surface area contributed by atoms with Gasteiger partial charge in [-0.3, -0.25) is 0 Å². The standard InChI is InChI=1S/C14H17BrFN3/c1-3-6-17-13(14-18-7-8-19(14)2)11-9-10(16)4-5-12(11)15/h4-5,7-9,13,17H,3,6H2,1-2H3. The minimum atomic E-state index is -0.240. The molecule has 0 fully saturated rings. The molecule has 1 aromatic carbocycles. The summed E-state index contributed by atoms with van der Waals surface area (Å²) in [5, 5.41) is 3.42. The van der Waals surface area contributed by atoms with Crippen molar-refractivity contribution in [1.82, 2.24) is 14.9 Å². The summed E-state index contributed by atoms with van der Waals surface area (Å²) in [6, 6.07) is 4.61. The van der Waals surface area contributed by atoms with Crippen molar-refractivity contribution in [3.05, 3.63) is 52.3 Å². The van der Waals surface area contributed by atoms with Crippen LogP contribution in [0.1, 0.15) is 30.8 Å². The Labute approximate surface area is 121 Å². The molecule has 1 unspecified atom stereocenters. The highest BCUT2D eigenvalue weighted by Crippen LogP contribution is 2.28. The molecule has 102 valence electrons. The normalized spacial score (nSPS) is 12.6. The van der Waals surface area contributed by atoms with Crippen LogP contribution in [0.15, 0.2) is 35.1 Å². The molecule has 0 bridgehead atoms. The van der Waals surface area contributed by atoms with Gasteiger partial charge in [-0.1, -0.05) is 22.9 Å². The third kappa shape index (κ3) is 3.22. The molecular formula is C14H17BrFN3. The van der Waals surface area contributed by atoms with Gasteiger partial charge in [0.2, 0.25) is 0 Å². The Balaban J connectivity index is 2.42. The van der Waals surface area contributed by atoms with Crippen LogP contribution in [-0.2, 0) is 7.05 Å². The first-order valence-electron chi connectivity index (χ1n) is 6.29. The van der Waals surface area contributed by atoms with Gasteiger partial charge in [0.15, 0.2) is 0 Å². The molecule has 0 aliphatic heterocycles. The number of hydrogen-bond acceptors (Lipinski definition) is 2. The van der Waals surface area contributed by atoms with Crippen molar-refractivity contribution < 1.29 is 4.39 Å². The van der Waals surface area contributed by atoms with Gasteiger partial charge < -0.3 is 9.88 Å². The molecule has 0 spiro atoms. The SMILES string of the molecule is CCCNC(c1cc(F)ccc1Br)c1nccn1C. The number of benzene rings is 1. The molecule has 2 rings (SSSR count). The monoisotopic (exact) mass is 325 g/mol. The summed E-state index contributed by atoms with van der Waals surface area (Å²) in [5.74, 6) is 0.635. The smallest absolute Gasteiger partial charge is 0.130 e. The lowest BCUT2D eigenvalue weighted by Gasteiger charge is -2.20. The van der Waals surface area contributed by atoms with Gasteiger partial charge in [-0.15, -0.1) is 0 Å². The van der Waals surface area contributed by atoms with E-state index in [9.17, 15) is 4.39 Å². The van der Waals surface area contributed by atoms with Crippen LogP contribution >= 0.6 is 15.9 Å². The first-order valence-corrected chi connectivity index (χ1v) is 7.08. The largest absolute Gasteiger partial charge is 0.336 e. The zero-order chi connectivity index (χ0) is 13.8. The van der Waals surface area contributed by atoms with Crippen LogP contribution in [0.2, 0.25) is 0 Å². The molecule has 19 heavy (non-hydrogen) atoms. The van der Waals surface area contributed by atoms with Gasteiger partial charge in [-0.05, 0) is 36.7 Å². The second-order valence-corrected chi connectivity index (χ2v) is 5.30. The summed E-state index contributed by atoms with van der Waals surface area (Å²) in [6.45, 7) is 2.95. The number of aryl methyl sites for hydroxylation is 1. The molecule has 1 N–H and O–H groups in total. The first kappa shape index (κ1) is 14.2. The number of rotatable bonds is 5. The molecule has 0 saturated carbocycles. The molecule has 1 aromatic heterocycles. The summed E-state index contributed by atoms with van der Waals surface area (Å²) in [4.78, 5) is 4.37. The van der Waals surface area contributed by atoms with E-state index in [-0.39, 0.29) is 11.9 Å². The van der Waals surface area contributed by atoms with Gasteiger partial charge in [-0.2, -0.15) is 0 Å². The van der Waals surface area contributed by atoms with Gasteiger partial charge in [0, 0.05) is 23.9 Å². The fourth-order valence-corrected chi connectivity index (χ4v) is 2.50. The van der Waals surface area contributed by atoms with Crippen LogP contribution < -0.4 is 5.32 Å². The van der Waals surface area contributed by atoms with Crippen LogP contribution in [0.3, 0.4) is 0 Å². The van der Waals surface area contributed by atoms with E-state index in [1.807, 2.05) is 17.8 Å². The fourth-order valence-electron chi connectivity index (χ4n) is 2.02. The highest BCUT2D eigenvalue weighted by Gasteiger charge is 2.20. The summed E-state index contributed by atoms with van der Waals surface area (Å²) in [5.41, 5.74) is 0.864. The van der Waals surface area contributed by atoms with Crippen LogP contribution in [0.25, 0.3) is 0 Å². The Bertz CT molecular complexity index is 553. The van der Waals surface area contributed by atoms with Crippen molar-refractivity contribution in [3.8, 4) is 0 Å². The second kappa shape index (κ2) is 6.30. The van der Waals surface area contributed by atoms with Gasteiger partial charge in [0.05, 0.1) is 6.04 Å². The van der Waals surface area contributed by atoms with Gasteiger partial charge >= 0.3 is 0 Å². The zero-order valence-electron chi connectivity index (χ0n) is 11.0. The lowest BCUT2D eigenvalue weighted by atomic mass is 10.1. The van der Waals surface area contributed by atoms with E-state index in [1.54, 1.807) is 18.3 Å². The van der Waals surface area contributed by atoms with Crippen LogP contribution in [0.5, 0.6) is 0 Å². The van der Waals surface area contributed by atoms with E-state index in [4.69, 9.17) is 0 Å². The summed E-state index contributed by atoms with van der Waals surface area (Å²) < 4.78 is 16.3. The molecule has 2 aromatic rings. The van der Waals surface area contributed by atoms with E-state index >= 15 is 0 Å². The molecule has 0 radical (unpaired) electrons. The van der Waals surface area contributed by atoms with E-state index in [0.717, 1.165) is 28.8 Å². The second-order valence-electron chi connectivity index (χ2n) is 4.45. The number of nitrogens with zero attached hydrogens (tertiary/aromatic N) is 2. The molecule has 1 heterocycles. The number of halogens is 2. The minimum Gasteiger partial charge on any atom is -0.336 e. The van der Waals surface area contributed by atoms with Crippen molar-refractivity contribution >= 4 is 15.9 Å². The Morgan fingerprint density at radius 3 is 2.89 bits per heavy atom. The van der Waals surface area contributed by atoms with Crippen LogP contribution in [0.4, 0.5) is 4.39 Å². The van der Waals surface area contributed by atoms with E-state index in [1.165, 1.54) is 6.07 Å². The average molecular weight is 326 g/mol. The molecular weight excluding hydrogens is 309 g/mol. The maximum absolute atomic E-state index is 13.5. The summed E-state index contributed by atoms with van der Waals surface area (Å²) >= 11 is 3.49. The fraction of sp³-hybridized carbons (Fsp3) is 0.357. The average Bonchev–Trinajstić information content (AvgIpc) is 2.80. The molecule has 0 aliphatic carbocycles. The Morgan fingerprint density at radius 2 is 2.26 bits per heavy atom. The Kier molecular flexibility index (Phi) is 4.71. The van der Waals surface area contributed by atoms with Gasteiger partial charge in [-0.25, -0.2) is 9.37 Å². The lowest BCUT2D eigenvalue weighted by Crippen LogP contribution is -2.26. The zero-order valence-corrected chi connectivity index (χ0v) is 12.6. The number of nitrogens with one attached hydrogen (secondary N) is 1. The van der Waals surface area contributed by atoms with Crippen molar-refractivity contribution in [1.29, 1.82) is 0 Å².